The minimum absolute atomic E-state index is 0.198. The van der Waals surface area contributed by atoms with E-state index in [1.807, 2.05) is 24.3 Å². The number of aromatic nitrogens is 4. The number of anilines is 1. The van der Waals surface area contributed by atoms with Crippen LogP contribution in [0.4, 0.5) is 9.52 Å². The van der Waals surface area contributed by atoms with Gasteiger partial charge in [0.1, 0.15) is 5.82 Å². The van der Waals surface area contributed by atoms with Gasteiger partial charge in [-0.25, -0.2) is 14.1 Å². The third kappa shape index (κ3) is 2.87. The van der Waals surface area contributed by atoms with Crippen molar-refractivity contribution in [3.63, 3.8) is 0 Å². The van der Waals surface area contributed by atoms with Gasteiger partial charge in [-0.2, -0.15) is 0 Å². The Morgan fingerprint density at radius 2 is 1.92 bits per heavy atom. The number of benzene rings is 2. The van der Waals surface area contributed by atoms with Gasteiger partial charge in [0.05, 0.1) is 21.6 Å². The van der Waals surface area contributed by atoms with Crippen molar-refractivity contribution in [2.24, 2.45) is 0 Å². The van der Waals surface area contributed by atoms with Gasteiger partial charge in [0.2, 0.25) is 0 Å². The van der Waals surface area contributed by atoms with Gasteiger partial charge in [-0.15, -0.1) is 5.10 Å². The highest BCUT2D eigenvalue weighted by Crippen LogP contribution is 2.26. The maximum absolute atomic E-state index is 13.1. The second-order valence-electron chi connectivity index (χ2n) is 5.35. The Morgan fingerprint density at radius 3 is 2.68 bits per heavy atom. The quantitative estimate of drug-likeness (QED) is 0.611. The molecular formula is C17H12FN5OS. The summed E-state index contributed by atoms with van der Waals surface area (Å²) in [6, 6.07) is 13.5. The van der Waals surface area contributed by atoms with E-state index in [2.05, 4.69) is 20.6 Å². The zero-order chi connectivity index (χ0) is 17.4. The van der Waals surface area contributed by atoms with Crippen LogP contribution in [0.25, 0.3) is 15.9 Å². The average Bonchev–Trinajstić information content (AvgIpc) is 3.18. The van der Waals surface area contributed by atoms with Gasteiger partial charge in [-0.1, -0.05) is 28.7 Å². The zero-order valence-corrected chi connectivity index (χ0v) is 13.9. The monoisotopic (exact) mass is 353 g/mol. The molecule has 0 saturated heterocycles. The van der Waals surface area contributed by atoms with E-state index in [-0.39, 0.29) is 17.4 Å². The summed E-state index contributed by atoms with van der Waals surface area (Å²) in [5.74, 6) is -0.722. The molecular weight excluding hydrogens is 341 g/mol. The molecule has 2 heterocycles. The summed E-state index contributed by atoms with van der Waals surface area (Å²) in [4.78, 5) is 16.9. The molecule has 4 aromatic rings. The standard InChI is InChI=1S/C17H12FN5OS/c1-10-15(21-22-23(10)12-8-6-11(18)7-9-12)16(24)20-17-19-13-4-2-3-5-14(13)25-17/h2-9H,1H3,(H,19,20,24). The summed E-state index contributed by atoms with van der Waals surface area (Å²) < 4.78 is 15.5. The molecule has 4 rings (SSSR count). The first-order chi connectivity index (χ1) is 12.1. The molecule has 0 bridgehead atoms. The highest BCUT2D eigenvalue weighted by Gasteiger charge is 2.18. The van der Waals surface area contributed by atoms with Crippen molar-refractivity contribution in [3.8, 4) is 5.69 Å². The lowest BCUT2D eigenvalue weighted by molar-refractivity contribution is 0.102. The van der Waals surface area contributed by atoms with Crippen LogP contribution in [0.2, 0.25) is 0 Å². The van der Waals surface area contributed by atoms with Crippen LogP contribution in [0.1, 0.15) is 16.2 Å². The summed E-state index contributed by atoms with van der Waals surface area (Å²) in [6.45, 7) is 1.73. The van der Waals surface area contributed by atoms with E-state index in [9.17, 15) is 9.18 Å². The maximum Gasteiger partial charge on any atom is 0.279 e. The van der Waals surface area contributed by atoms with Crippen LogP contribution < -0.4 is 5.32 Å². The van der Waals surface area contributed by atoms with E-state index in [1.165, 1.54) is 28.2 Å². The number of amides is 1. The summed E-state index contributed by atoms with van der Waals surface area (Å²) >= 11 is 1.39. The maximum atomic E-state index is 13.1. The van der Waals surface area contributed by atoms with Gasteiger partial charge < -0.3 is 0 Å². The fraction of sp³-hybridized carbons (Fsp3) is 0.0588. The molecule has 0 radical (unpaired) electrons. The van der Waals surface area contributed by atoms with Gasteiger partial charge in [-0.3, -0.25) is 10.1 Å². The third-order valence-electron chi connectivity index (χ3n) is 3.70. The SMILES string of the molecule is Cc1c(C(=O)Nc2nc3ccccc3s2)nnn1-c1ccc(F)cc1. The highest BCUT2D eigenvalue weighted by atomic mass is 32.1. The van der Waals surface area contributed by atoms with Crippen LogP contribution in [-0.4, -0.2) is 25.9 Å². The first-order valence-corrected chi connectivity index (χ1v) is 8.28. The van der Waals surface area contributed by atoms with Crippen LogP contribution in [0, 0.1) is 12.7 Å². The van der Waals surface area contributed by atoms with Crippen molar-refractivity contribution in [3.05, 3.63) is 65.7 Å². The molecule has 0 spiro atoms. The largest absolute Gasteiger partial charge is 0.296 e. The minimum Gasteiger partial charge on any atom is -0.296 e. The number of nitrogens with zero attached hydrogens (tertiary/aromatic N) is 4. The molecule has 124 valence electrons. The van der Waals surface area contributed by atoms with E-state index in [0.717, 1.165) is 10.2 Å². The number of thiazole rings is 1. The Kier molecular flexibility index (Phi) is 3.73. The van der Waals surface area contributed by atoms with Crippen LogP contribution in [0.3, 0.4) is 0 Å². The number of rotatable bonds is 3. The van der Waals surface area contributed by atoms with Crippen molar-refractivity contribution in [1.82, 2.24) is 20.0 Å². The van der Waals surface area contributed by atoms with E-state index < -0.39 is 0 Å². The first kappa shape index (κ1) is 15.4. The highest BCUT2D eigenvalue weighted by molar-refractivity contribution is 7.22. The zero-order valence-electron chi connectivity index (χ0n) is 13.1. The van der Waals surface area contributed by atoms with Crippen molar-refractivity contribution < 1.29 is 9.18 Å². The summed E-state index contributed by atoms with van der Waals surface area (Å²) in [6.07, 6.45) is 0. The van der Waals surface area contributed by atoms with E-state index in [4.69, 9.17) is 0 Å². The molecule has 2 aromatic carbocycles. The van der Waals surface area contributed by atoms with Gasteiger partial charge in [0, 0.05) is 0 Å². The lowest BCUT2D eigenvalue weighted by Gasteiger charge is -2.03. The molecule has 2 aromatic heterocycles. The summed E-state index contributed by atoms with van der Waals surface area (Å²) in [5, 5.41) is 11.2. The van der Waals surface area contributed by atoms with Crippen LogP contribution in [0.5, 0.6) is 0 Å². The second kappa shape index (κ2) is 6.06. The van der Waals surface area contributed by atoms with Gasteiger partial charge in [0.25, 0.3) is 5.91 Å². The fourth-order valence-electron chi connectivity index (χ4n) is 2.45. The van der Waals surface area contributed by atoms with Crippen molar-refractivity contribution in [2.75, 3.05) is 5.32 Å². The lowest BCUT2D eigenvalue weighted by atomic mass is 10.3. The molecule has 25 heavy (non-hydrogen) atoms. The minimum atomic E-state index is -0.384. The second-order valence-corrected chi connectivity index (χ2v) is 6.38. The molecule has 0 fully saturated rings. The first-order valence-electron chi connectivity index (χ1n) is 7.47. The number of hydrogen-bond acceptors (Lipinski definition) is 5. The molecule has 1 amide bonds. The summed E-state index contributed by atoms with van der Waals surface area (Å²) in [7, 11) is 0. The number of para-hydroxylation sites is 1. The molecule has 0 aliphatic rings. The molecule has 6 nitrogen and oxygen atoms in total. The Hall–Kier alpha value is -3.13. The van der Waals surface area contributed by atoms with Crippen molar-refractivity contribution >= 4 is 32.6 Å². The van der Waals surface area contributed by atoms with Crippen LogP contribution >= 0.6 is 11.3 Å². The predicted molar refractivity (Wildman–Crippen MR) is 93.6 cm³/mol. The number of hydrogen-bond donors (Lipinski definition) is 1. The molecule has 0 aliphatic carbocycles. The molecule has 0 saturated carbocycles. The molecule has 0 aliphatic heterocycles. The number of halogens is 1. The normalized spacial score (nSPS) is 11.0. The Bertz CT molecular complexity index is 1040. The summed E-state index contributed by atoms with van der Waals surface area (Å²) in [5.41, 5.74) is 2.22. The van der Waals surface area contributed by atoms with Crippen molar-refractivity contribution in [2.45, 2.75) is 6.92 Å². The predicted octanol–water partition coefficient (Wildman–Crippen LogP) is 3.58. The molecule has 0 atom stereocenters. The number of carbonyl (C=O) groups excluding carboxylic acids is 1. The van der Waals surface area contributed by atoms with Crippen LogP contribution in [0.15, 0.2) is 48.5 Å². The Labute approximate surface area is 145 Å². The van der Waals surface area contributed by atoms with Crippen molar-refractivity contribution in [1.29, 1.82) is 0 Å². The molecule has 8 heteroatoms. The van der Waals surface area contributed by atoms with Gasteiger partial charge in [-0.05, 0) is 43.3 Å². The molecule has 1 N–H and O–H groups in total. The number of fused-ring (bicyclic) bond motifs is 1. The van der Waals surface area contributed by atoms with E-state index in [0.29, 0.717) is 16.5 Å². The van der Waals surface area contributed by atoms with E-state index >= 15 is 0 Å². The average molecular weight is 353 g/mol. The molecule has 0 unspecified atom stereocenters. The van der Waals surface area contributed by atoms with Gasteiger partial charge >= 0.3 is 0 Å². The number of carbonyl (C=O) groups is 1. The Balaban J connectivity index is 1.61. The lowest BCUT2D eigenvalue weighted by Crippen LogP contribution is -2.14. The third-order valence-corrected chi connectivity index (χ3v) is 4.65. The van der Waals surface area contributed by atoms with Gasteiger partial charge in [0.15, 0.2) is 10.8 Å². The van der Waals surface area contributed by atoms with Crippen LogP contribution in [-0.2, 0) is 0 Å². The smallest absolute Gasteiger partial charge is 0.279 e. The number of nitrogens with one attached hydrogen (secondary N) is 1. The van der Waals surface area contributed by atoms with E-state index in [1.54, 1.807) is 19.1 Å². The Morgan fingerprint density at radius 1 is 1.16 bits per heavy atom. The topological polar surface area (TPSA) is 72.7 Å². The fourth-order valence-corrected chi connectivity index (χ4v) is 3.31.